The quantitative estimate of drug-likeness (QED) is 0.369. The first-order valence-corrected chi connectivity index (χ1v) is 12.0. The molecule has 0 spiro atoms. The fourth-order valence-electron chi connectivity index (χ4n) is 4.18. The van der Waals surface area contributed by atoms with E-state index in [1.54, 1.807) is 12.1 Å². The second-order valence-corrected chi connectivity index (χ2v) is 9.27. The van der Waals surface area contributed by atoms with Crippen LogP contribution in [-0.4, -0.2) is 37.9 Å². The topological polar surface area (TPSA) is 87.4 Å². The lowest BCUT2D eigenvalue weighted by molar-refractivity contribution is 0.0742. The molecule has 3 rings (SSSR count). The Morgan fingerprint density at radius 2 is 1.86 bits per heavy atom. The summed E-state index contributed by atoms with van der Waals surface area (Å²) in [4.78, 5) is 18.0. The van der Waals surface area contributed by atoms with Crippen LogP contribution in [-0.2, 0) is 13.1 Å². The van der Waals surface area contributed by atoms with E-state index in [1.165, 1.54) is 12.1 Å². The van der Waals surface area contributed by atoms with Crippen molar-refractivity contribution in [2.75, 3.05) is 0 Å². The standard InChI is InChI=1S/C28H35FN3O3/c1-5-23(33)16-24(34)13-14-32-26(18(2)3)25(31-27(32)21-9-11-22(29)12-10-21)28(35)30-17-20-8-6-7-19(4)15-20/h6-12,15,18,23-24,33-34H,1,5,13-14,16-17H2,2-4H3,(H,30,35). The van der Waals surface area contributed by atoms with Gasteiger partial charge < -0.3 is 20.1 Å². The van der Waals surface area contributed by atoms with Crippen LogP contribution in [0, 0.1) is 19.7 Å². The summed E-state index contributed by atoms with van der Waals surface area (Å²) in [6, 6.07) is 13.9. The Kier molecular flexibility index (Phi) is 9.18. The van der Waals surface area contributed by atoms with Gasteiger partial charge in [0, 0.05) is 18.7 Å². The predicted molar refractivity (Wildman–Crippen MR) is 135 cm³/mol. The first kappa shape index (κ1) is 26.6. The Labute approximate surface area is 206 Å². The number of rotatable bonds is 11. The molecule has 0 aliphatic heterocycles. The number of carbonyl (C=O) groups is 1. The SMILES string of the molecule is [CH2]CC(O)CC(O)CCn1c(-c2ccc(F)cc2)nc(C(=O)NCc2cccc(C)c2)c1C(C)C. The number of aliphatic hydroxyl groups is 2. The molecule has 1 radical (unpaired) electrons. The van der Waals surface area contributed by atoms with Crippen molar-refractivity contribution in [3.8, 4) is 11.4 Å². The molecule has 3 N–H and O–H groups in total. The maximum atomic E-state index is 13.6. The Morgan fingerprint density at radius 1 is 1.14 bits per heavy atom. The number of nitrogens with one attached hydrogen (secondary N) is 1. The number of carbonyl (C=O) groups excluding carboxylic acids is 1. The third-order valence-electron chi connectivity index (χ3n) is 5.97. The molecule has 3 aromatic rings. The molecule has 0 saturated heterocycles. The molecule has 0 fully saturated rings. The van der Waals surface area contributed by atoms with E-state index >= 15 is 0 Å². The lowest BCUT2D eigenvalue weighted by atomic mass is 10.1. The van der Waals surface area contributed by atoms with Crippen molar-refractivity contribution < 1.29 is 19.4 Å². The van der Waals surface area contributed by atoms with Gasteiger partial charge in [-0.25, -0.2) is 9.37 Å². The van der Waals surface area contributed by atoms with Gasteiger partial charge >= 0.3 is 0 Å². The molecule has 7 heteroatoms. The zero-order valence-corrected chi connectivity index (χ0v) is 20.7. The number of benzene rings is 2. The van der Waals surface area contributed by atoms with E-state index in [9.17, 15) is 19.4 Å². The molecule has 0 bridgehead atoms. The van der Waals surface area contributed by atoms with Gasteiger partial charge in [-0.15, -0.1) is 0 Å². The maximum absolute atomic E-state index is 13.6. The minimum atomic E-state index is -0.728. The van der Waals surface area contributed by atoms with Gasteiger partial charge in [-0.2, -0.15) is 0 Å². The van der Waals surface area contributed by atoms with Crippen molar-refractivity contribution in [2.45, 2.75) is 71.2 Å². The molecule has 1 heterocycles. The summed E-state index contributed by atoms with van der Waals surface area (Å²) >= 11 is 0. The number of aliphatic hydroxyl groups excluding tert-OH is 2. The third kappa shape index (κ3) is 6.99. The number of aryl methyl sites for hydroxylation is 1. The number of nitrogens with zero attached hydrogens (tertiary/aromatic N) is 2. The smallest absolute Gasteiger partial charge is 0.272 e. The van der Waals surface area contributed by atoms with Crippen molar-refractivity contribution in [3.05, 3.63) is 83.8 Å². The third-order valence-corrected chi connectivity index (χ3v) is 5.97. The van der Waals surface area contributed by atoms with Gasteiger partial charge in [0.05, 0.1) is 17.9 Å². The highest BCUT2D eigenvalue weighted by molar-refractivity contribution is 5.94. The van der Waals surface area contributed by atoms with E-state index in [0.717, 1.165) is 16.8 Å². The first-order valence-electron chi connectivity index (χ1n) is 12.0. The number of aromatic nitrogens is 2. The fourth-order valence-corrected chi connectivity index (χ4v) is 4.18. The average molecular weight is 481 g/mol. The lowest BCUT2D eigenvalue weighted by Gasteiger charge is -2.18. The Morgan fingerprint density at radius 3 is 2.49 bits per heavy atom. The van der Waals surface area contributed by atoms with E-state index in [2.05, 4.69) is 12.2 Å². The summed E-state index contributed by atoms with van der Waals surface area (Å²) in [5, 5.41) is 23.3. The zero-order valence-electron chi connectivity index (χ0n) is 20.7. The predicted octanol–water partition coefficient (Wildman–Crippen LogP) is 4.78. The van der Waals surface area contributed by atoms with Gasteiger partial charge in [0.15, 0.2) is 0 Å². The molecule has 2 atom stereocenters. The normalized spacial score (nSPS) is 13.1. The molecule has 2 unspecified atom stereocenters. The largest absolute Gasteiger partial charge is 0.393 e. The monoisotopic (exact) mass is 480 g/mol. The number of imidazole rings is 1. The molecule has 1 aromatic heterocycles. The van der Waals surface area contributed by atoms with Crippen LogP contribution in [0.3, 0.4) is 0 Å². The second-order valence-electron chi connectivity index (χ2n) is 9.27. The van der Waals surface area contributed by atoms with E-state index < -0.39 is 12.2 Å². The van der Waals surface area contributed by atoms with Crippen molar-refractivity contribution in [1.29, 1.82) is 0 Å². The van der Waals surface area contributed by atoms with Crippen LogP contribution in [0.15, 0.2) is 48.5 Å². The Bertz CT molecular complexity index is 1120. The summed E-state index contributed by atoms with van der Waals surface area (Å²) in [5.74, 6) is -0.131. The molecule has 0 aliphatic carbocycles. The summed E-state index contributed by atoms with van der Waals surface area (Å²) < 4.78 is 15.5. The van der Waals surface area contributed by atoms with Crippen LogP contribution in [0.4, 0.5) is 4.39 Å². The van der Waals surface area contributed by atoms with Crippen LogP contribution in [0.25, 0.3) is 11.4 Å². The molecule has 0 saturated carbocycles. The van der Waals surface area contributed by atoms with E-state index in [4.69, 9.17) is 4.98 Å². The minimum absolute atomic E-state index is 0.0287. The van der Waals surface area contributed by atoms with E-state index in [0.29, 0.717) is 43.0 Å². The molecular formula is C28H35FN3O3. The van der Waals surface area contributed by atoms with Crippen molar-refractivity contribution in [1.82, 2.24) is 14.9 Å². The van der Waals surface area contributed by atoms with Gasteiger partial charge in [-0.05, 0) is 61.9 Å². The van der Waals surface area contributed by atoms with Crippen LogP contribution < -0.4 is 5.32 Å². The van der Waals surface area contributed by atoms with Gasteiger partial charge in [0.25, 0.3) is 5.91 Å². The first-order chi connectivity index (χ1) is 16.7. The lowest BCUT2D eigenvalue weighted by Crippen LogP contribution is -2.25. The van der Waals surface area contributed by atoms with E-state index in [1.807, 2.05) is 49.6 Å². The molecule has 2 aromatic carbocycles. The van der Waals surface area contributed by atoms with Gasteiger partial charge in [0.2, 0.25) is 0 Å². The molecule has 0 aliphatic rings. The van der Waals surface area contributed by atoms with Crippen LogP contribution >= 0.6 is 0 Å². The summed E-state index contributed by atoms with van der Waals surface area (Å²) in [5.41, 5.74) is 3.85. The van der Waals surface area contributed by atoms with Crippen LogP contribution in [0.2, 0.25) is 0 Å². The molecule has 187 valence electrons. The Hall–Kier alpha value is -3.03. The number of hydrogen-bond donors (Lipinski definition) is 3. The molecular weight excluding hydrogens is 445 g/mol. The highest BCUT2D eigenvalue weighted by Gasteiger charge is 2.25. The van der Waals surface area contributed by atoms with Crippen molar-refractivity contribution in [2.24, 2.45) is 0 Å². The number of amides is 1. The van der Waals surface area contributed by atoms with Crippen LogP contribution in [0.5, 0.6) is 0 Å². The highest BCUT2D eigenvalue weighted by Crippen LogP contribution is 2.29. The minimum Gasteiger partial charge on any atom is -0.393 e. The fraction of sp³-hybridized carbons (Fsp3) is 0.393. The molecule has 35 heavy (non-hydrogen) atoms. The summed E-state index contributed by atoms with van der Waals surface area (Å²) in [6.07, 6.45) is -0.479. The highest BCUT2D eigenvalue weighted by atomic mass is 19.1. The van der Waals surface area contributed by atoms with Gasteiger partial charge in [-0.3, -0.25) is 4.79 Å². The number of halogens is 1. The maximum Gasteiger partial charge on any atom is 0.272 e. The second kappa shape index (κ2) is 12.1. The molecule has 6 nitrogen and oxygen atoms in total. The zero-order chi connectivity index (χ0) is 25.5. The molecule has 1 amide bonds. The van der Waals surface area contributed by atoms with Crippen molar-refractivity contribution >= 4 is 5.91 Å². The van der Waals surface area contributed by atoms with Gasteiger partial charge in [-0.1, -0.05) is 50.6 Å². The van der Waals surface area contributed by atoms with Crippen molar-refractivity contribution in [3.63, 3.8) is 0 Å². The van der Waals surface area contributed by atoms with E-state index in [-0.39, 0.29) is 24.1 Å². The average Bonchev–Trinajstić information content (AvgIpc) is 3.21. The van der Waals surface area contributed by atoms with Gasteiger partial charge in [0.1, 0.15) is 17.3 Å². The Balaban J connectivity index is 1.94. The summed E-state index contributed by atoms with van der Waals surface area (Å²) in [6.45, 7) is 10.4. The summed E-state index contributed by atoms with van der Waals surface area (Å²) in [7, 11) is 0. The number of hydrogen-bond acceptors (Lipinski definition) is 4. The van der Waals surface area contributed by atoms with Crippen LogP contribution in [0.1, 0.15) is 66.3 Å².